The summed E-state index contributed by atoms with van der Waals surface area (Å²) < 4.78 is 15.9. The van der Waals surface area contributed by atoms with Gasteiger partial charge in [-0.05, 0) is 20.3 Å². The molecule has 2 atom stereocenters. The molecule has 0 radical (unpaired) electrons. The summed E-state index contributed by atoms with van der Waals surface area (Å²) in [4.78, 5) is 1.58. The van der Waals surface area contributed by atoms with Gasteiger partial charge in [0.1, 0.15) is 12.5 Å². The lowest BCUT2D eigenvalue weighted by atomic mass is 10.3. The maximum Gasteiger partial charge on any atom is 0.500 e. The van der Waals surface area contributed by atoms with Gasteiger partial charge in [0, 0.05) is 33.9 Å². The lowest BCUT2D eigenvalue weighted by Crippen LogP contribution is -2.45. The van der Waals surface area contributed by atoms with Crippen molar-refractivity contribution >= 4 is 8.80 Å². The molecule has 0 aliphatic carbocycles. The molecule has 104 valence electrons. The first-order valence-electron chi connectivity index (χ1n) is 5.69. The van der Waals surface area contributed by atoms with Gasteiger partial charge in [-0.15, -0.1) is 0 Å². The van der Waals surface area contributed by atoms with E-state index in [0.29, 0.717) is 12.6 Å². The van der Waals surface area contributed by atoms with E-state index in [2.05, 4.69) is 0 Å². The maximum atomic E-state index is 9.47. The van der Waals surface area contributed by atoms with Crippen molar-refractivity contribution in [2.24, 2.45) is 0 Å². The SMILES string of the molecule is CO[Si](CCCN(C(C)O)C(C)O)(OC)OC. The van der Waals surface area contributed by atoms with Gasteiger partial charge in [0.15, 0.2) is 0 Å². The summed E-state index contributed by atoms with van der Waals surface area (Å²) in [5.74, 6) is 0. The minimum absolute atomic E-state index is 0.556. The number of nitrogens with zero attached hydrogens (tertiary/aromatic N) is 1. The van der Waals surface area contributed by atoms with E-state index in [1.54, 1.807) is 40.1 Å². The summed E-state index contributed by atoms with van der Waals surface area (Å²) in [7, 11) is 2.17. The van der Waals surface area contributed by atoms with Crippen LogP contribution >= 0.6 is 0 Å². The van der Waals surface area contributed by atoms with Gasteiger partial charge in [0.05, 0.1) is 0 Å². The highest BCUT2D eigenvalue weighted by Gasteiger charge is 2.37. The highest BCUT2D eigenvalue weighted by molar-refractivity contribution is 6.60. The lowest BCUT2D eigenvalue weighted by molar-refractivity contribution is -0.0841. The molecule has 2 N–H and O–H groups in total. The van der Waals surface area contributed by atoms with Crippen molar-refractivity contribution in [3.63, 3.8) is 0 Å². The fourth-order valence-corrected chi connectivity index (χ4v) is 3.42. The second-order valence-corrected chi connectivity index (χ2v) is 6.99. The molecule has 17 heavy (non-hydrogen) atoms. The third-order valence-electron chi connectivity index (χ3n) is 2.79. The van der Waals surface area contributed by atoms with Crippen molar-refractivity contribution in [3.8, 4) is 0 Å². The Morgan fingerprint density at radius 3 is 1.71 bits per heavy atom. The van der Waals surface area contributed by atoms with Gasteiger partial charge in [-0.1, -0.05) is 0 Å². The third-order valence-corrected chi connectivity index (χ3v) is 5.62. The second-order valence-electron chi connectivity index (χ2n) is 3.90. The smallest absolute Gasteiger partial charge is 0.379 e. The molecule has 0 saturated heterocycles. The zero-order valence-electron chi connectivity index (χ0n) is 11.3. The van der Waals surface area contributed by atoms with Gasteiger partial charge in [0.2, 0.25) is 0 Å². The lowest BCUT2D eigenvalue weighted by Gasteiger charge is -2.30. The van der Waals surface area contributed by atoms with Crippen LogP contribution in [0.1, 0.15) is 20.3 Å². The van der Waals surface area contributed by atoms with E-state index in [1.807, 2.05) is 0 Å². The molecule has 6 nitrogen and oxygen atoms in total. The Morgan fingerprint density at radius 2 is 1.41 bits per heavy atom. The average molecular weight is 267 g/mol. The summed E-state index contributed by atoms with van der Waals surface area (Å²) in [5.41, 5.74) is 0. The molecule has 0 spiro atoms. The number of hydrogen-bond acceptors (Lipinski definition) is 6. The second kappa shape index (κ2) is 8.14. The Balaban J connectivity index is 4.19. The molecule has 0 aromatic carbocycles. The third kappa shape index (κ3) is 5.43. The first kappa shape index (κ1) is 17.0. The van der Waals surface area contributed by atoms with Crippen LogP contribution in [-0.2, 0) is 13.3 Å². The maximum absolute atomic E-state index is 9.47. The molecule has 0 aliphatic heterocycles. The quantitative estimate of drug-likeness (QED) is 0.460. The Labute approximate surface area is 104 Å². The molecule has 0 aromatic rings. The highest BCUT2D eigenvalue weighted by Crippen LogP contribution is 2.16. The molecule has 0 fully saturated rings. The van der Waals surface area contributed by atoms with Crippen LogP contribution in [0.3, 0.4) is 0 Å². The van der Waals surface area contributed by atoms with Crippen molar-refractivity contribution in [1.82, 2.24) is 4.90 Å². The van der Waals surface area contributed by atoms with E-state index in [-0.39, 0.29) is 0 Å². The molecule has 0 aliphatic rings. The van der Waals surface area contributed by atoms with Crippen molar-refractivity contribution < 1.29 is 23.5 Å². The van der Waals surface area contributed by atoms with Crippen LogP contribution in [0.4, 0.5) is 0 Å². The number of aliphatic hydroxyl groups excluding tert-OH is 2. The summed E-state index contributed by atoms with van der Waals surface area (Å²) in [6.45, 7) is 3.81. The Bertz CT molecular complexity index is 183. The topological polar surface area (TPSA) is 71.4 Å². The standard InChI is InChI=1S/C10H25NO5Si/c1-9(12)11(10(2)13)7-6-8-17(14-3,15-4)16-5/h9-10,12-13H,6-8H2,1-5H3. The van der Waals surface area contributed by atoms with Crippen LogP contribution in [0.5, 0.6) is 0 Å². The van der Waals surface area contributed by atoms with E-state index in [4.69, 9.17) is 13.3 Å². The van der Waals surface area contributed by atoms with Gasteiger partial charge >= 0.3 is 8.80 Å². The van der Waals surface area contributed by atoms with Gasteiger partial charge in [-0.25, -0.2) is 0 Å². The molecular weight excluding hydrogens is 242 g/mol. The van der Waals surface area contributed by atoms with Crippen LogP contribution in [0.15, 0.2) is 0 Å². The molecular formula is C10H25NO5Si. The highest BCUT2D eigenvalue weighted by atomic mass is 28.4. The van der Waals surface area contributed by atoms with Crippen LogP contribution in [0.25, 0.3) is 0 Å². The summed E-state index contributed by atoms with van der Waals surface area (Å²) in [6, 6.07) is 0.645. The van der Waals surface area contributed by atoms with Crippen LogP contribution < -0.4 is 0 Å². The van der Waals surface area contributed by atoms with Crippen LogP contribution in [0.2, 0.25) is 6.04 Å². The molecule has 0 bridgehead atoms. The zero-order valence-corrected chi connectivity index (χ0v) is 12.3. The Morgan fingerprint density at radius 1 is 1.00 bits per heavy atom. The summed E-state index contributed by atoms with van der Waals surface area (Å²) >= 11 is 0. The molecule has 2 unspecified atom stereocenters. The molecule has 0 aromatic heterocycles. The van der Waals surface area contributed by atoms with Crippen LogP contribution in [0, 0.1) is 0 Å². The predicted octanol–water partition coefficient (Wildman–Crippen LogP) is 0.233. The molecule has 0 heterocycles. The van der Waals surface area contributed by atoms with E-state index < -0.39 is 21.3 Å². The van der Waals surface area contributed by atoms with E-state index in [1.165, 1.54) is 0 Å². The normalized spacial score (nSPS) is 16.2. The molecule has 7 heteroatoms. The van der Waals surface area contributed by atoms with Crippen LogP contribution in [-0.4, -0.2) is 64.2 Å². The van der Waals surface area contributed by atoms with E-state index in [9.17, 15) is 10.2 Å². The van der Waals surface area contributed by atoms with Crippen molar-refractivity contribution in [2.75, 3.05) is 27.9 Å². The first-order valence-corrected chi connectivity index (χ1v) is 7.63. The van der Waals surface area contributed by atoms with Gasteiger partial charge < -0.3 is 23.5 Å². The monoisotopic (exact) mass is 267 g/mol. The van der Waals surface area contributed by atoms with Crippen molar-refractivity contribution in [3.05, 3.63) is 0 Å². The molecule has 0 saturated carbocycles. The van der Waals surface area contributed by atoms with Gasteiger partial charge in [-0.2, -0.15) is 0 Å². The zero-order chi connectivity index (χ0) is 13.5. The van der Waals surface area contributed by atoms with Gasteiger partial charge in [-0.3, -0.25) is 4.90 Å². The largest absolute Gasteiger partial charge is 0.500 e. The van der Waals surface area contributed by atoms with Gasteiger partial charge in [0.25, 0.3) is 0 Å². The van der Waals surface area contributed by atoms with Crippen molar-refractivity contribution in [2.45, 2.75) is 38.8 Å². The fourth-order valence-electron chi connectivity index (χ4n) is 1.72. The number of rotatable bonds is 9. The number of aliphatic hydroxyl groups is 2. The van der Waals surface area contributed by atoms with Crippen molar-refractivity contribution in [1.29, 1.82) is 0 Å². The Hall–Kier alpha value is -0.0231. The van der Waals surface area contributed by atoms with E-state index >= 15 is 0 Å². The first-order chi connectivity index (χ1) is 7.92. The number of hydrogen-bond donors (Lipinski definition) is 2. The minimum Gasteiger partial charge on any atom is -0.379 e. The fraction of sp³-hybridized carbons (Fsp3) is 1.00. The predicted molar refractivity (Wildman–Crippen MR) is 66.3 cm³/mol. The van der Waals surface area contributed by atoms with E-state index in [0.717, 1.165) is 6.42 Å². The Kier molecular flexibility index (Phi) is 8.13. The average Bonchev–Trinajstić information content (AvgIpc) is 2.29. The summed E-state index contributed by atoms with van der Waals surface area (Å²) in [5, 5.41) is 18.9. The minimum atomic E-state index is -2.54. The summed E-state index contributed by atoms with van der Waals surface area (Å²) in [6.07, 6.45) is -0.644. The molecule has 0 amide bonds. The molecule has 0 rings (SSSR count).